The van der Waals surface area contributed by atoms with E-state index < -0.39 is 30.1 Å². The van der Waals surface area contributed by atoms with Crippen molar-refractivity contribution in [1.29, 1.82) is 5.26 Å². The van der Waals surface area contributed by atoms with Crippen LogP contribution in [0.3, 0.4) is 0 Å². The van der Waals surface area contributed by atoms with E-state index in [1.54, 1.807) is 12.3 Å². The number of esters is 1. The number of carbonyl (C=O) groups is 2. The van der Waals surface area contributed by atoms with Crippen molar-refractivity contribution < 1.29 is 18.7 Å². The van der Waals surface area contributed by atoms with Crippen LogP contribution in [0.2, 0.25) is 10.0 Å². The molecule has 5 nitrogen and oxygen atoms in total. The second kappa shape index (κ2) is 7.71. The number of nitrogens with zero attached hydrogens (tertiary/aromatic N) is 2. The summed E-state index contributed by atoms with van der Waals surface area (Å²) >= 11 is 12.5. The molecule has 0 aliphatic rings. The van der Waals surface area contributed by atoms with Crippen molar-refractivity contribution in [2.24, 2.45) is 0 Å². The Morgan fingerprint density at radius 3 is 2.71 bits per heavy atom. The molecule has 9 heteroatoms. The second-order valence-electron chi connectivity index (χ2n) is 4.68. The number of aryl methyl sites for hydroxylation is 1. The Morgan fingerprint density at radius 1 is 1.42 bits per heavy atom. The SMILES string of the molecule is Cc1csc([C@H](C#N)C(=O)COC(=O)c2cc(F)c(Cl)cc2Cl)n1. The molecule has 0 bridgehead atoms. The lowest BCUT2D eigenvalue weighted by molar-refractivity contribution is -0.122. The van der Waals surface area contributed by atoms with Crippen LogP contribution in [0, 0.1) is 24.1 Å². The molecule has 0 aliphatic carbocycles. The molecule has 2 aromatic rings. The summed E-state index contributed by atoms with van der Waals surface area (Å²) in [7, 11) is 0. The number of ether oxygens (including phenoxy) is 1. The van der Waals surface area contributed by atoms with Gasteiger partial charge in [-0.15, -0.1) is 11.3 Å². The highest BCUT2D eigenvalue weighted by molar-refractivity contribution is 7.09. The summed E-state index contributed by atoms with van der Waals surface area (Å²) in [6.45, 7) is 1.08. The number of hydrogen-bond acceptors (Lipinski definition) is 6. The monoisotopic (exact) mass is 386 g/mol. The van der Waals surface area contributed by atoms with Crippen molar-refractivity contribution in [2.75, 3.05) is 6.61 Å². The molecule has 124 valence electrons. The van der Waals surface area contributed by atoms with Gasteiger partial charge in [-0.25, -0.2) is 14.2 Å². The molecule has 0 N–H and O–H groups in total. The third kappa shape index (κ3) is 4.09. The summed E-state index contributed by atoms with van der Waals surface area (Å²) in [5, 5.41) is 10.8. The van der Waals surface area contributed by atoms with E-state index in [1.807, 2.05) is 6.07 Å². The zero-order chi connectivity index (χ0) is 17.9. The van der Waals surface area contributed by atoms with Crippen molar-refractivity contribution in [3.63, 3.8) is 0 Å². The molecule has 1 aromatic heterocycles. The van der Waals surface area contributed by atoms with Gasteiger partial charge in [-0.2, -0.15) is 5.26 Å². The lowest BCUT2D eigenvalue weighted by Crippen LogP contribution is -2.20. The molecule has 24 heavy (non-hydrogen) atoms. The highest BCUT2D eigenvalue weighted by atomic mass is 35.5. The number of Topliss-reactive ketones (excluding diaryl/α,β-unsaturated/α-hetero) is 1. The number of aromatic nitrogens is 1. The molecule has 1 aromatic carbocycles. The summed E-state index contributed by atoms with van der Waals surface area (Å²) in [5.41, 5.74) is 0.424. The molecule has 0 unspecified atom stereocenters. The van der Waals surface area contributed by atoms with Crippen LogP contribution in [0.1, 0.15) is 27.0 Å². The third-order valence-corrected chi connectivity index (χ3v) is 4.54. The summed E-state index contributed by atoms with van der Waals surface area (Å²) in [4.78, 5) is 28.1. The van der Waals surface area contributed by atoms with Gasteiger partial charge in [0.15, 0.2) is 18.3 Å². The largest absolute Gasteiger partial charge is 0.454 e. The van der Waals surface area contributed by atoms with Gasteiger partial charge in [-0.1, -0.05) is 23.2 Å². The Labute approximate surface area is 150 Å². The van der Waals surface area contributed by atoms with E-state index in [4.69, 9.17) is 33.2 Å². The van der Waals surface area contributed by atoms with Gasteiger partial charge in [0.1, 0.15) is 10.8 Å². The number of halogens is 3. The molecule has 1 heterocycles. The van der Waals surface area contributed by atoms with Gasteiger partial charge in [0.25, 0.3) is 0 Å². The summed E-state index contributed by atoms with van der Waals surface area (Å²) in [5.74, 6) is -3.59. The number of benzene rings is 1. The van der Waals surface area contributed by atoms with Gasteiger partial charge in [0, 0.05) is 11.1 Å². The topological polar surface area (TPSA) is 80.0 Å². The maximum Gasteiger partial charge on any atom is 0.340 e. The van der Waals surface area contributed by atoms with E-state index in [1.165, 1.54) is 11.3 Å². The Kier molecular flexibility index (Phi) is 5.89. The van der Waals surface area contributed by atoms with Crippen LogP contribution in [0.25, 0.3) is 0 Å². The summed E-state index contributed by atoms with van der Waals surface area (Å²) in [6, 6.07) is 3.71. The number of carbonyl (C=O) groups excluding carboxylic acids is 2. The van der Waals surface area contributed by atoms with Crippen molar-refractivity contribution in [1.82, 2.24) is 4.98 Å². The van der Waals surface area contributed by atoms with E-state index >= 15 is 0 Å². The lowest BCUT2D eigenvalue weighted by atomic mass is 10.1. The average molecular weight is 387 g/mol. The first-order chi connectivity index (χ1) is 11.3. The fourth-order valence-electron chi connectivity index (χ4n) is 1.75. The fraction of sp³-hybridized carbons (Fsp3) is 0.200. The van der Waals surface area contributed by atoms with Crippen LogP contribution in [0.4, 0.5) is 4.39 Å². The van der Waals surface area contributed by atoms with Crippen molar-refractivity contribution >= 4 is 46.3 Å². The molecular weight excluding hydrogens is 378 g/mol. The number of ketones is 1. The van der Waals surface area contributed by atoms with E-state index in [2.05, 4.69) is 4.98 Å². The Bertz CT molecular complexity index is 848. The molecule has 0 aliphatic heterocycles. The number of thiazole rings is 1. The Balaban J connectivity index is 2.07. The van der Waals surface area contributed by atoms with E-state index in [0.29, 0.717) is 10.7 Å². The fourth-order valence-corrected chi connectivity index (χ4v) is 3.07. The van der Waals surface area contributed by atoms with Crippen molar-refractivity contribution in [3.8, 4) is 6.07 Å². The maximum absolute atomic E-state index is 13.4. The summed E-state index contributed by atoms with van der Waals surface area (Å²) < 4.78 is 18.2. The van der Waals surface area contributed by atoms with Crippen LogP contribution < -0.4 is 0 Å². The van der Waals surface area contributed by atoms with Crippen LogP contribution >= 0.6 is 34.5 Å². The van der Waals surface area contributed by atoms with Gasteiger partial charge in [-0.3, -0.25) is 4.79 Å². The Morgan fingerprint density at radius 2 is 2.12 bits per heavy atom. The van der Waals surface area contributed by atoms with Crippen LogP contribution in [-0.2, 0) is 9.53 Å². The molecular formula is C15H9Cl2FN2O3S. The van der Waals surface area contributed by atoms with Crippen LogP contribution in [0.15, 0.2) is 17.5 Å². The number of hydrogen-bond donors (Lipinski definition) is 0. The first-order valence-corrected chi connectivity index (χ1v) is 8.13. The third-order valence-electron chi connectivity index (χ3n) is 2.91. The van der Waals surface area contributed by atoms with Gasteiger partial charge >= 0.3 is 5.97 Å². The second-order valence-corrected chi connectivity index (χ2v) is 6.38. The normalized spacial score (nSPS) is 11.6. The molecule has 2 rings (SSSR count). The first-order valence-electron chi connectivity index (χ1n) is 6.49. The van der Waals surface area contributed by atoms with Gasteiger partial charge in [-0.05, 0) is 19.1 Å². The lowest BCUT2D eigenvalue weighted by Gasteiger charge is -2.08. The predicted octanol–water partition coefficient (Wildman–Crippen LogP) is 3.93. The maximum atomic E-state index is 13.4. The molecule has 0 saturated carbocycles. The quantitative estimate of drug-likeness (QED) is 0.574. The summed E-state index contributed by atoms with van der Waals surface area (Å²) in [6.07, 6.45) is 0. The van der Waals surface area contributed by atoms with Gasteiger partial charge in [0.05, 0.1) is 21.7 Å². The van der Waals surface area contributed by atoms with Gasteiger partial charge < -0.3 is 4.74 Å². The minimum atomic E-state index is -1.13. The number of rotatable bonds is 5. The van der Waals surface area contributed by atoms with E-state index in [9.17, 15) is 14.0 Å². The van der Waals surface area contributed by atoms with E-state index in [0.717, 1.165) is 12.1 Å². The van der Waals surface area contributed by atoms with Crippen molar-refractivity contribution in [3.05, 3.63) is 49.6 Å². The molecule has 0 radical (unpaired) electrons. The Hall–Kier alpha value is -2.01. The zero-order valence-corrected chi connectivity index (χ0v) is 14.5. The highest BCUT2D eigenvalue weighted by Gasteiger charge is 2.25. The molecule has 0 saturated heterocycles. The average Bonchev–Trinajstić information content (AvgIpc) is 2.95. The molecule has 1 atom stereocenters. The highest BCUT2D eigenvalue weighted by Crippen LogP contribution is 2.25. The van der Waals surface area contributed by atoms with Gasteiger partial charge in [0.2, 0.25) is 0 Å². The molecule has 0 fully saturated rings. The molecule has 0 spiro atoms. The van der Waals surface area contributed by atoms with E-state index in [-0.39, 0.29) is 15.6 Å². The molecule has 0 amide bonds. The van der Waals surface area contributed by atoms with Crippen LogP contribution in [-0.4, -0.2) is 23.3 Å². The van der Waals surface area contributed by atoms with Crippen molar-refractivity contribution in [2.45, 2.75) is 12.8 Å². The first kappa shape index (κ1) is 18.3. The van der Waals surface area contributed by atoms with Crippen LogP contribution in [0.5, 0.6) is 0 Å². The standard InChI is InChI=1S/C15H9Cl2FN2O3S/c1-7-6-24-14(20-7)9(4-19)13(21)5-23-15(22)8-2-12(18)11(17)3-10(8)16/h2-3,6,9H,5H2,1H3/t9-/m1/s1. The minimum Gasteiger partial charge on any atom is -0.454 e. The number of nitriles is 1. The predicted molar refractivity (Wildman–Crippen MR) is 86.9 cm³/mol. The minimum absolute atomic E-state index is 0.105. The smallest absolute Gasteiger partial charge is 0.340 e. The zero-order valence-electron chi connectivity index (χ0n) is 12.2.